The summed E-state index contributed by atoms with van der Waals surface area (Å²) in [5.41, 5.74) is 1.40. The van der Waals surface area contributed by atoms with E-state index in [2.05, 4.69) is 39.2 Å². The van der Waals surface area contributed by atoms with Crippen LogP contribution in [-0.2, 0) is 9.22 Å². The number of carbonyl (C=O) groups is 2. The molecule has 32 heavy (non-hydrogen) atoms. The Morgan fingerprint density at radius 2 is 1.38 bits per heavy atom. The lowest BCUT2D eigenvalue weighted by atomic mass is 10.0. The second-order valence-electron chi connectivity index (χ2n) is 10.6. The van der Waals surface area contributed by atoms with Gasteiger partial charge in [-0.05, 0) is 35.8 Å². The number of nitrogens with one attached hydrogen (secondary N) is 1. The fourth-order valence-electron chi connectivity index (χ4n) is 2.91. The lowest BCUT2D eigenvalue weighted by molar-refractivity contribution is -0.118. The summed E-state index contributed by atoms with van der Waals surface area (Å²) in [4.78, 5) is 26.7. The van der Waals surface area contributed by atoms with Crippen molar-refractivity contribution < 1.29 is 14.0 Å². The predicted octanol–water partition coefficient (Wildman–Crippen LogP) is 6.61. The first-order chi connectivity index (χ1) is 14.7. The van der Waals surface area contributed by atoms with Crippen molar-refractivity contribution in [2.75, 3.05) is 0 Å². The predicted molar refractivity (Wildman–Crippen MR) is 138 cm³/mol. The highest BCUT2D eigenvalue weighted by molar-refractivity contribution is 8.14. The van der Waals surface area contributed by atoms with Crippen molar-refractivity contribution >= 4 is 31.1 Å². The van der Waals surface area contributed by atoms with Crippen LogP contribution in [0.5, 0.6) is 0 Å². The van der Waals surface area contributed by atoms with Crippen molar-refractivity contribution in [3.05, 3.63) is 71.8 Å². The van der Waals surface area contributed by atoms with Crippen molar-refractivity contribution in [1.82, 2.24) is 5.32 Å². The lowest BCUT2D eigenvalue weighted by Crippen LogP contribution is -2.51. The molecule has 2 aromatic carbocycles. The maximum absolute atomic E-state index is 13.6. The van der Waals surface area contributed by atoms with E-state index in [9.17, 15) is 9.59 Å². The second kappa shape index (κ2) is 10.4. The van der Waals surface area contributed by atoms with Gasteiger partial charge < -0.3 is 9.74 Å². The molecule has 0 unspecified atom stereocenters. The van der Waals surface area contributed by atoms with Crippen LogP contribution in [0.3, 0.4) is 0 Å². The van der Waals surface area contributed by atoms with Crippen LogP contribution in [0.4, 0.5) is 0 Å². The highest BCUT2D eigenvalue weighted by Crippen LogP contribution is 2.40. The van der Waals surface area contributed by atoms with Crippen molar-refractivity contribution in [1.29, 1.82) is 0 Å². The van der Waals surface area contributed by atoms with E-state index in [1.54, 1.807) is 12.1 Å². The summed E-state index contributed by atoms with van der Waals surface area (Å²) in [5, 5.41) is 2.97. The van der Waals surface area contributed by atoms with Gasteiger partial charge in [-0.3, -0.25) is 9.59 Å². The highest BCUT2D eigenvalue weighted by atomic mass is 32.2. The van der Waals surface area contributed by atoms with Gasteiger partial charge in [0.2, 0.25) is 5.12 Å². The molecule has 0 heterocycles. The van der Waals surface area contributed by atoms with E-state index in [4.69, 9.17) is 4.43 Å². The zero-order valence-electron chi connectivity index (χ0n) is 20.6. The molecule has 2 rings (SSSR count). The van der Waals surface area contributed by atoms with Crippen LogP contribution < -0.4 is 5.32 Å². The van der Waals surface area contributed by atoms with Crippen molar-refractivity contribution in [2.24, 2.45) is 0 Å². The summed E-state index contributed by atoms with van der Waals surface area (Å²) in [7, 11) is -2.32. The molecule has 4 nitrogen and oxygen atoms in total. The molecule has 1 N–H and O–H groups in total. The minimum atomic E-state index is -2.32. The van der Waals surface area contributed by atoms with Gasteiger partial charge in [0.1, 0.15) is 6.10 Å². The average Bonchev–Trinajstić information content (AvgIpc) is 2.69. The Hall–Kier alpha value is -1.89. The Bertz CT molecular complexity index is 902. The van der Waals surface area contributed by atoms with E-state index < -0.39 is 20.5 Å². The Balaban J connectivity index is 2.52. The van der Waals surface area contributed by atoms with E-state index in [0.717, 1.165) is 5.56 Å². The Labute approximate surface area is 198 Å². The molecule has 0 spiro atoms. The molecule has 1 amide bonds. The van der Waals surface area contributed by atoms with Gasteiger partial charge in [-0.2, -0.15) is 0 Å². The molecule has 0 bridgehead atoms. The number of carbonyl (C=O) groups excluding carboxylic acids is 2. The van der Waals surface area contributed by atoms with Gasteiger partial charge >= 0.3 is 0 Å². The van der Waals surface area contributed by atoms with Crippen LogP contribution in [-0.4, -0.2) is 30.2 Å². The zero-order valence-corrected chi connectivity index (χ0v) is 22.4. The SMILES string of the molecule is CC(C)(C)SC(=O)[C@H](O[Si](C)(C)C(C)(C)C)[C@@H](NC(=O)c1ccccc1)c1ccccc1. The highest BCUT2D eigenvalue weighted by Gasteiger charge is 2.44. The standard InChI is InChI=1S/C26H37NO3SSi/c1-25(2,3)31-24(29)22(30-32(7,8)26(4,5)6)21(19-15-11-9-12-16-19)27-23(28)20-17-13-10-14-18-20/h9-18,21-22H,1-8H3,(H,27,28)/t21-,22+/m0/s1. The van der Waals surface area contributed by atoms with Crippen molar-refractivity contribution in [3.63, 3.8) is 0 Å². The molecule has 0 aliphatic carbocycles. The second-order valence-corrected chi connectivity index (χ2v) is 17.1. The first-order valence-corrected chi connectivity index (χ1v) is 14.8. The fourth-order valence-corrected chi connectivity index (χ4v) is 5.14. The van der Waals surface area contributed by atoms with Crippen LogP contribution in [0.1, 0.15) is 63.5 Å². The molecule has 0 aliphatic rings. The Kier molecular flexibility index (Phi) is 8.54. The summed E-state index contributed by atoms with van der Waals surface area (Å²) in [6.45, 7) is 16.8. The molecular weight excluding hydrogens is 434 g/mol. The molecule has 0 radical (unpaired) electrons. The van der Waals surface area contributed by atoms with E-state index in [1.165, 1.54) is 11.8 Å². The molecule has 0 saturated heterocycles. The van der Waals surface area contributed by atoms with Crippen LogP contribution in [0.2, 0.25) is 18.1 Å². The third-order valence-corrected chi connectivity index (χ3v) is 11.2. The number of benzene rings is 2. The number of amides is 1. The summed E-state index contributed by atoms with van der Waals surface area (Å²) < 4.78 is 6.45. The van der Waals surface area contributed by atoms with Gasteiger partial charge in [0.05, 0.1) is 6.04 Å². The Morgan fingerprint density at radius 1 is 0.875 bits per heavy atom. The van der Waals surface area contributed by atoms with Gasteiger partial charge in [-0.1, -0.05) is 102 Å². The number of rotatable bonds is 7. The molecule has 0 fully saturated rings. The average molecular weight is 472 g/mol. The molecule has 2 aromatic rings. The van der Waals surface area contributed by atoms with Gasteiger partial charge in [0.15, 0.2) is 8.32 Å². The molecule has 6 heteroatoms. The zero-order chi connectivity index (χ0) is 24.2. The van der Waals surface area contributed by atoms with Crippen LogP contribution in [0.25, 0.3) is 0 Å². The minimum absolute atomic E-state index is 0.0652. The Morgan fingerprint density at radius 3 is 1.84 bits per heavy atom. The molecule has 0 aromatic heterocycles. The largest absolute Gasteiger partial charge is 0.404 e. The molecular formula is C26H37NO3SSi. The monoisotopic (exact) mass is 471 g/mol. The minimum Gasteiger partial charge on any atom is -0.404 e. The van der Waals surface area contributed by atoms with Crippen molar-refractivity contribution in [2.45, 2.75) is 76.6 Å². The summed E-state index contributed by atoms with van der Waals surface area (Å²) in [5.74, 6) is -0.225. The van der Waals surface area contributed by atoms with Gasteiger partial charge in [-0.15, -0.1) is 0 Å². The van der Waals surface area contributed by atoms with Crippen LogP contribution in [0.15, 0.2) is 60.7 Å². The van der Waals surface area contributed by atoms with Gasteiger partial charge in [-0.25, -0.2) is 0 Å². The third kappa shape index (κ3) is 7.32. The normalized spacial score (nSPS) is 14.5. The van der Waals surface area contributed by atoms with Gasteiger partial charge in [0, 0.05) is 10.3 Å². The molecule has 0 saturated carbocycles. The molecule has 0 aliphatic heterocycles. The quantitative estimate of drug-likeness (QED) is 0.462. The number of hydrogen-bond donors (Lipinski definition) is 1. The first kappa shape index (κ1) is 26.4. The van der Waals surface area contributed by atoms with E-state index >= 15 is 0 Å². The number of hydrogen-bond acceptors (Lipinski definition) is 4. The summed E-state index contributed by atoms with van der Waals surface area (Å²) >= 11 is 1.27. The number of thioether (sulfide) groups is 1. The van der Waals surface area contributed by atoms with E-state index in [-0.39, 0.29) is 20.8 Å². The lowest BCUT2D eigenvalue weighted by Gasteiger charge is -2.41. The summed E-state index contributed by atoms with van der Waals surface area (Å²) in [6.07, 6.45) is -0.796. The maximum Gasteiger partial charge on any atom is 0.251 e. The van der Waals surface area contributed by atoms with Crippen molar-refractivity contribution in [3.8, 4) is 0 Å². The molecule has 2 atom stereocenters. The van der Waals surface area contributed by atoms with E-state index in [0.29, 0.717) is 5.56 Å². The fraction of sp³-hybridized carbons (Fsp3) is 0.462. The van der Waals surface area contributed by atoms with Crippen LogP contribution in [0, 0.1) is 0 Å². The smallest absolute Gasteiger partial charge is 0.251 e. The maximum atomic E-state index is 13.6. The third-order valence-electron chi connectivity index (χ3n) is 5.65. The topological polar surface area (TPSA) is 55.4 Å². The first-order valence-electron chi connectivity index (χ1n) is 11.0. The molecule has 174 valence electrons. The summed E-state index contributed by atoms with van der Waals surface area (Å²) in [6, 6.07) is 18.1. The van der Waals surface area contributed by atoms with E-state index in [1.807, 2.05) is 69.3 Å². The van der Waals surface area contributed by atoms with Crippen LogP contribution >= 0.6 is 11.8 Å². The van der Waals surface area contributed by atoms with Gasteiger partial charge in [0.25, 0.3) is 5.91 Å².